The summed E-state index contributed by atoms with van der Waals surface area (Å²) in [4.78, 5) is 32.8. The third-order valence-corrected chi connectivity index (χ3v) is 10.7. The van der Waals surface area contributed by atoms with Gasteiger partial charge < -0.3 is 24.3 Å². The third kappa shape index (κ3) is 9.40. The van der Waals surface area contributed by atoms with Crippen molar-refractivity contribution in [1.29, 1.82) is 0 Å². The monoisotopic (exact) mass is 784 g/mol. The van der Waals surface area contributed by atoms with Gasteiger partial charge in [-0.25, -0.2) is 19.0 Å². The van der Waals surface area contributed by atoms with E-state index in [1.54, 1.807) is 24.3 Å². The van der Waals surface area contributed by atoms with Gasteiger partial charge in [-0.05, 0) is 104 Å². The number of aromatic amines is 1. The van der Waals surface area contributed by atoms with Crippen molar-refractivity contribution in [2.45, 2.75) is 57.0 Å². The normalized spacial score (nSPS) is 20.2. The van der Waals surface area contributed by atoms with Crippen LogP contribution in [0.5, 0.6) is 11.5 Å². The molecule has 3 aliphatic heterocycles. The minimum absolute atomic E-state index is 0.0280. The summed E-state index contributed by atoms with van der Waals surface area (Å²) < 4.78 is 63.7. The Morgan fingerprint density at radius 2 is 1.67 bits per heavy atom. The van der Waals surface area contributed by atoms with Crippen molar-refractivity contribution in [2.24, 2.45) is 11.8 Å². The van der Waals surface area contributed by atoms with Crippen LogP contribution in [0.3, 0.4) is 0 Å². The number of aromatic nitrogens is 1. The molecule has 8 rings (SSSR count). The van der Waals surface area contributed by atoms with Crippen LogP contribution in [0.1, 0.15) is 64.9 Å². The number of carbonyl (C=O) groups is 2. The van der Waals surface area contributed by atoms with Crippen LogP contribution in [0.25, 0.3) is 0 Å². The number of hydrogen-bond acceptors (Lipinski definition) is 8. The zero-order chi connectivity index (χ0) is 37.8. The van der Waals surface area contributed by atoms with Crippen LogP contribution in [-0.4, -0.2) is 55.8 Å². The number of halogens is 5. The van der Waals surface area contributed by atoms with Crippen molar-refractivity contribution in [3.63, 3.8) is 0 Å². The van der Waals surface area contributed by atoms with Gasteiger partial charge in [0, 0.05) is 24.2 Å². The number of pyridine rings is 1. The molecule has 1 aromatic heterocycles. The van der Waals surface area contributed by atoms with Gasteiger partial charge in [0.05, 0.1) is 12.2 Å². The Hall–Kier alpha value is -4.52. The van der Waals surface area contributed by atoms with Gasteiger partial charge in [-0.1, -0.05) is 47.5 Å². The molecule has 9 nitrogen and oxygen atoms in total. The van der Waals surface area contributed by atoms with Gasteiger partial charge in [0.15, 0.2) is 29.9 Å². The molecule has 3 atom stereocenters. The first-order valence-corrected chi connectivity index (χ1v) is 18.7. The predicted molar refractivity (Wildman–Crippen MR) is 194 cm³/mol. The zero-order valence-corrected chi connectivity index (χ0v) is 30.6. The largest absolute Gasteiger partial charge is 0.489 e. The smallest absolute Gasteiger partial charge is 0.387 e. The Bertz CT molecular complexity index is 1960. The number of esters is 2. The molecule has 0 radical (unpaired) electrons. The topological polar surface area (TPSA) is 100 Å². The molecule has 14 heteroatoms. The molecule has 0 amide bonds. The lowest BCUT2D eigenvalue weighted by molar-refractivity contribution is -0.377. The van der Waals surface area contributed by atoms with E-state index in [2.05, 4.69) is 15.2 Å². The predicted octanol–water partition coefficient (Wildman–Crippen LogP) is 8.27. The number of fused-ring (bicyclic) bond motifs is 3. The highest BCUT2D eigenvalue weighted by atomic mass is 35.5. The second kappa shape index (κ2) is 16.9. The minimum atomic E-state index is -3.07. The molecule has 3 aromatic carbocycles. The highest BCUT2D eigenvalue weighted by molar-refractivity contribution is 6.35. The zero-order valence-electron chi connectivity index (χ0n) is 29.1. The summed E-state index contributed by atoms with van der Waals surface area (Å²) in [6.07, 6.45) is 5.68. The molecule has 4 aromatic rings. The Balaban J connectivity index is 1.14. The van der Waals surface area contributed by atoms with Crippen LogP contribution in [0, 0.1) is 17.7 Å². The molecule has 4 heterocycles. The molecule has 1 unspecified atom stereocenters. The van der Waals surface area contributed by atoms with Gasteiger partial charge >= 0.3 is 18.6 Å². The van der Waals surface area contributed by atoms with E-state index in [0.29, 0.717) is 51.5 Å². The number of carbonyl (C=O) groups excluding carboxylic acids is 2. The maximum Gasteiger partial charge on any atom is 0.387 e. The summed E-state index contributed by atoms with van der Waals surface area (Å²) in [6, 6.07) is 15.4. The Morgan fingerprint density at radius 3 is 2.35 bits per heavy atom. The Labute approximate surface area is 320 Å². The van der Waals surface area contributed by atoms with Crippen LogP contribution in [0.4, 0.5) is 18.9 Å². The summed E-state index contributed by atoms with van der Waals surface area (Å²) in [5.41, 5.74) is 1.79. The fourth-order valence-corrected chi connectivity index (χ4v) is 7.47. The standard InChI is InChI=1S/C40H38Cl2F3N3O6/c41-31-19-46-20-32(42)30(31)18-34(25-9-10-33(54-40(44)45)35(17-25)51-22-23-7-8-23)52-38(49)27-4-2-6-29(16-27)47-37(26-3-1-5-28(43)15-26)39(50)53-36-21-48-13-11-24(36)12-14-48/h1-6,9-10,15-17,19-20,23-24,34,36-37,40,47H,7-8,11-14,18,21-22H2/p+1/t34-,36-,37?/m0/s1. The Morgan fingerprint density at radius 1 is 0.907 bits per heavy atom. The minimum Gasteiger partial charge on any atom is -0.489 e. The molecule has 3 saturated heterocycles. The number of nitrogens with one attached hydrogen (secondary N) is 2. The molecule has 4 aliphatic rings. The van der Waals surface area contributed by atoms with Crippen molar-refractivity contribution in [3.05, 3.63) is 117 Å². The maximum atomic E-state index is 14.4. The first-order chi connectivity index (χ1) is 26.1. The average molecular weight is 786 g/mol. The van der Waals surface area contributed by atoms with E-state index in [1.165, 1.54) is 54.9 Å². The van der Waals surface area contributed by atoms with Crippen molar-refractivity contribution >= 4 is 40.8 Å². The van der Waals surface area contributed by atoms with Gasteiger partial charge in [0.25, 0.3) is 0 Å². The summed E-state index contributed by atoms with van der Waals surface area (Å²) in [6.45, 7) is -0.140. The van der Waals surface area contributed by atoms with Crippen molar-refractivity contribution < 1.29 is 46.7 Å². The van der Waals surface area contributed by atoms with Gasteiger partial charge in [-0.3, -0.25) is 4.90 Å². The second-order valence-corrected chi connectivity index (χ2v) is 14.7. The lowest BCUT2D eigenvalue weighted by Gasteiger charge is -2.44. The molecule has 54 heavy (non-hydrogen) atoms. The molecule has 0 spiro atoms. The van der Waals surface area contributed by atoms with Crippen LogP contribution in [0.15, 0.2) is 79.1 Å². The maximum absolute atomic E-state index is 14.4. The molecule has 2 bridgehead atoms. The van der Waals surface area contributed by atoms with Gasteiger partial charge in [-0.2, -0.15) is 8.78 Å². The number of anilines is 1. The molecule has 1 saturated carbocycles. The van der Waals surface area contributed by atoms with Gasteiger partial charge in [0.1, 0.15) is 28.1 Å². The highest BCUT2D eigenvalue weighted by Gasteiger charge is 2.38. The van der Waals surface area contributed by atoms with E-state index >= 15 is 0 Å². The average Bonchev–Trinajstić information content (AvgIpc) is 3.99. The lowest BCUT2D eigenvalue weighted by Crippen LogP contribution is -2.52. The number of H-pyrrole nitrogens is 1. The highest BCUT2D eigenvalue weighted by Crippen LogP contribution is 2.38. The number of hydrogen-bond donors (Lipinski definition) is 1. The lowest BCUT2D eigenvalue weighted by atomic mass is 9.86. The fraction of sp³-hybridized carbons (Fsp3) is 0.375. The number of alkyl halides is 2. The number of rotatable bonds is 15. The van der Waals surface area contributed by atoms with E-state index in [0.717, 1.165) is 38.8 Å². The van der Waals surface area contributed by atoms with Gasteiger partial charge in [0.2, 0.25) is 0 Å². The van der Waals surface area contributed by atoms with E-state index in [9.17, 15) is 22.8 Å². The van der Waals surface area contributed by atoms with Crippen molar-refractivity contribution in [2.75, 3.05) is 31.6 Å². The van der Waals surface area contributed by atoms with Crippen LogP contribution < -0.4 is 19.8 Å². The quantitative estimate of drug-likeness (QED) is 0.120. The Kier molecular flexibility index (Phi) is 11.8. The molecular formula is C40H39Cl2F3N3O6+. The molecular weight excluding hydrogens is 746 g/mol. The number of ether oxygens (including phenoxy) is 4. The van der Waals surface area contributed by atoms with E-state index < -0.39 is 36.5 Å². The second-order valence-electron chi connectivity index (χ2n) is 13.9. The van der Waals surface area contributed by atoms with Crippen molar-refractivity contribution in [1.82, 2.24) is 4.90 Å². The first-order valence-electron chi connectivity index (χ1n) is 17.9. The van der Waals surface area contributed by atoms with Crippen LogP contribution >= 0.6 is 23.2 Å². The molecule has 1 aliphatic carbocycles. The van der Waals surface area contributed by atoms with E-state index in [1.807, 2.05) is 0 Å². The van der Waals surface area contributed by atoms with Crippen LogP contribution in [-0.2, 0) is 20.7 Å². The van der Waals surface area contributed by atoms with Crippen LogP contribution in [0.2, 0.25) is 10.0 Å². The SMILES string of the molecule is O=C(O[C@@H](Cc1c(Cl)c[nH+]cc1Cl)c1ccc(OC(F)F)c(OCC2CC2)c1)c1cccc(NC(C(=O)O[C@H]2CN3CCC2CC3)c2cccc(F)c2)c1. The number of nitrogens with zero attached hydrogens (tertiary/aromatic N) is 1. The van der Waals surface area contributed by atoms with Crippen molar-refractivity contribution in [3.8, 4) is 11.5 Å². The summed E-state index contributed by atoms with van der Waals surface area (Å²) in [5, 5.41) is 3.75. The molecule has 2 N–H and O–H groups in total. The fourth-order valence-electron chi connectivity index (χ4n) is 6.93. The first kappa shape index (κ1) is 37.8. The number of benzene rings is 3. The summed E-state index contributed by atoms with van der Waals surface area (Å²) in [7, 11) is 0. The number of piperidine rings is 3. The van der Waals surface area contributed by atoms with E-state index in [4.69, 9.17) is 42.1 Å². The molecule has 284 valence electrons. The van der Waals surface area contributed by atoms with E-state index in [-0.39, 0.29) is 35.5 Å². The third-order valence-electron chi connectivity index (χ3n) is 10.1. The molecule has 4 fully saturated rings. The van der Waals surface area contributed by atoms with Gasteiger partial charge in [-0.15, -0.1) is 0 Å². The summed E-state index contributed by atoms with van der Waals surface area (Å²) >= 11 is 13.0. The summed E-state index contributed by atoms with van der Waals surface area (Å²) in [5.74, 6) is -1.27.